The Hall–Kier alpha value is 0.190. The van der Waals surface area contributed by atoms with Crippen molar-refractivity contribution >= 4 is 29.6 Å². The van der Waals surface area contributed by atoms with Crippen molar-refractivity contribution < 1.29 is 16.8 Å². The number of fused-ring (bicyclic) bond motifs is 2. The summed E-state index contributed by atoms with van der Waals surface area (Å²) in [5, 5.41) is -0.660. The maximum Gasteiger partial charge on any atom is 0.232 e. The van der Waals surface area contributed by atoms with Crippen LogP contribution in [0.5, 0.6) is 0 Å². The molecule has 0 spiro atoms. The van der Waals surface area contributed by atoms with Crippen molar-refractivity contribution in [1.29, 1.82) is 0 Å². The van der Waals surface area contributed by atoms with Gasteiger partial charge in [0, 0.05) is 10.7 Å². The summed E-state index contributed by atoms with van der Waals surface area (Å²) < 4.78 is 45.8. The lowest BCUT2D eigenvalue weighted by Crippen LogP contribution is -2.44. The molecule has 2 unspecified atom stereocenters. The van der Waals surface area contributed by atoms with Gasteiger partial charge in [-0.25, -0.2) is 16.8 Å². The molecule has 7 heteroatoms. The normalized spacial score (nSPS) is 38.2. The second kappa shape index (κ2) is 4.14. The van der Waals surface area contributed by atoms with Gasteiger partial charge < -0.3 is 0 Å². The van der Waals surface area contributed by atoms with E-state index in [9.17, 15) is 16.8 Å². The quantitative estimate of drug-likeness (QED) is 0.718. The molecule has 0 radical (unpaired) electrons. The highest BCUT2D eigenvalue weighted by molar-refractivity contribution is 8.13. The average molecular weight is 287 g/mol. The second-order valence-corrected chi connectivity index (χ2v) is 10.1. The van der Waals surface area contributed by atoms with Crippen molar-refractivity contribution in [3.8, 4) is 0 Å². The minimum atomic E-state index is -3.51. The molecular formula is C9H15ClO4S2. The smallest absolute Gasteiger partial charge is 0.228 e. The second-order valence-electron chi connectivity index (χ2n) is 4.81. The predicted molar refractivity (Wildman–Crippen MR) is 62.7 cm³/mol. The first-order valence-electron chi connectivity index (χ1n) is 5.44. The summed E-state index contributed by atoms with van der Waals surface area (Å²) in [5.74, 6) is -0.168. The Morgan fingerprint density at radius 1 is 1.12 bits per heavy atom. The minimum absolute atomic E-state index is 0.0821. The minimum Gasteiger partial charge on any atom is -0.228 e. The molecule has 0 aromatic heterocycles. The molecule has 2 saturated heterocycles. The van der Waals surface area contributed by atoms with Gasteiger partial charge in [0.25, 0.3) is 0 Å². The van der Waals surface area contributed by atoms with Gasteiger partial charge in [0.15, 0.2) is 9.84 Å². The largest absolute Gasteiger partial charge is 0.232 e. The Labute approximate surface area is 101 Å². The van der Waals surface area contributed by atoms with E-state index in [0.717, 1.165) is 6.42 Å². The van der Waals surface area contributed by atoms with Crippen LogP contribution in [-0.2, 0) is 18.9 Å². The zero-order valence-electron chi connectivity index (χ0n) is 8.80. The van der Waals surface area contributed by atoms with Crippen LogP contribution in [0, 0.1) is 5.92 Å². The summed E-state index contributed by atoms with van der Waals surface area (Å²) in [6.07, 6.45) is 3.22. The highest BCUT2D eigenvalue weighted by Crippen LogP contribution is 2.39. The topological polar surface area (TPSA) is 68.3 Å². The van der Waals surface area contributed by atoms with E-state index in [-0.39, 0.29) is 22.2 Å². The van der Waals surface area contributed by atoms with E-state index in [1.807, 2.05) is 0 Å². The zero-order valence-corrected chi connectivity index (χ0v) is 11.2. The van der Waals surface area contributed by atoms with E-state index in [1.54, 1.807) is 0 Å². The first-order chi connectivity index (χ1) is 7.29. The van der Waals surface area contributed by atoms with Crippen molar-refractivity contribution in [2.24, 2.45) is 5.92 Å². The van der Waals surface area contributed by atoms with Crippen LogP contribution >= 0.6 is 10.7 Å². The predicted octanol–water partition coefficient (Wildman–Crippen LogP) is 1.30. The molecule has 0 N–H and O–H groups in total. The van der Waals surface area contributed by atoms with Crippen molar-refractivity contribution in [2.45, 2.75) is 42.6 Å². The Morgan fingerprint density at radius 2 is 1.62 bits per heavy atom. The van der Waals surface area contributed by atoms with Gasteiger partial charge in [-0.1, -0.05) is 6.42 Å². The Morgan fingerprint density at radius 3 is 2.06 bits per heavy atom. The van der Waals surface area contributed by atoms with Crippen LogP contribution in [-0.4, -0.2) is 33.1 Å². The van der Waals surface area contributed by atoms with Crippen LogP contribution in [0.3, 0.4) is 0 Å². The summed E-state index contributed by atoms with van der Waals surface area (Å²) >= 11 is 0. The summed E-state index contributed by atoms with van der Waals surface area (Å²) in [6.45, 7) is 0. The monoisotopic (exact) mass is 286 g/mol. The molecule has 2 fully saturated rings. The van der Waals surface area contributed by atoms with Gasteiger partial charge in [-0.3, -0.25) is 0 Å². The highest BCUT2D eigenvalue weighted by atomic mass is 35.7. The van der Waals surface area contributed by atoms with Crippen LogP contribution < -0.4 is 0 Å². The number of sulfone groups is 1. The lowest BCUT2D eigenvalue weighted by molar-refractivity contribution is 0.361. The van der Waals surface area contributed by atoms with E-state index in [2.05, 4.69) is 0 Å². The fourth-order valence-electron chi connectivity index (χ4n) is 2.94. The lowest BCUT2D eigenvalue weighted by atomic mass is 9.91. The van der Waals surface area contributed by atoms with Gasteiger partial charge in [-0.2, -0.15) is 0 Å². The molecular weight excluding hydrogens is 272 g/mol. The molecule has 0 amide bonds. The van der Waals surface area contributed by atoms with E-state index in [1.165, 1.54) is 0 Å². The molecule has 4 nitrogen and oxygen atoms in total. The van der Waals surface area contributed by atoms with Crippen LogP contribution in [0.4, 0.5) is 0 Å². The van der Waals surface area contributed by atoms with E-state index >= 15 is 0 Å². The zero-order chi connectivity index (χ0) is 12.0. The first-order valence-corrected chi connectivity index (χ1v) is 9.53. The molecule has 0 aromatic carbocycles. The van der Waals surface area contributed by atoms with E-state index < -0.39 is 18.9 Å². The highest BCUT2D eigenvalue weighted by Gasteiger charge is 2.44. The Balaban J connectivity index is 2.15. The molecule has 2 rings (SSSR count). The SMILES string of the molecule is O=S(=O)(Cl)CC1CC2CCCC(C1)S2(=O)=O. The van der Waals surface area contributed by atoms with Gasteiger partial charge in [0.1, 0.15) is 0 Å². The van der Waals surface area contributed by atoms with Gasteiger partial charge in [0.2, 0.25) is 9.05 Å². The molecule has 2 aliphatic heterocycles. The van der Waals surface area contributed by atoms with Crippen molar-refractivity contribution in [2.75, 3.05) is 5.75 Å². The van der Waals surface area contributed by atoms with Gasteiger partial charge >= 0.3 is 0 Å². The van der Waals surface area contributed by atoms with Gasteiger partial charge in [0.05, 0.1) is 16.3 Å². The Bertz CT molecular complexity index is 448. The van der Waals surface area contributed by atoms with Crippen molar-refractivity contribution in [3.63, 3.8) is 0 Å². The number of hydrogen-bond acceptors (Lipinski definition) is 4. The van der Waals surface area contributed by atoms with E-state index in [0.29, 0.717) is 25.7 Å². The fourth-order valence-corrected chi connectivity index (χ4v) is 6.92. The van der Waals surface area contributed by atoms with Gasteiger partial charge in [-0.15, -0.1) is 0 Å². The summed E-state index contributed by atoms with van der Waals surface area (Å²) in [5.41, 5.74) is 0. The van der Waals surface area contributed by atoms with Crippen LogP contribution in [0.25, 0.3) is 0 Å². The fraction of sp³-hybridized carbons (Fsp3) is 1.00. The third-order valence-electron chi connectivity index (χ3n) is 3.61. The van der Waals surface area contributed by atoms with Crippen molar-refractivity contribution in [1.82, 2.24) is 0 Å². The third-order valence-corrected chi connectivity index (χ3v) is 7.57. The summed E-state index contributed by atoms with van der Waals surface area (Å²) in [7, 11) is -1.29. The number of halogens is 1. The molecule has 16 heavy (non-hydrogen) atoms. The third kappa shape index (κ3) is 2.54. The molecule has 0 aromatic rings. The van der Waals surface area contributed by atoms with Crippen LogP contribution in [0.2, 0.25) is 0 Å². The molecule has 94 valence electrons. The molecule has 0 saturated carbocycles. The number of hydrogen-bond donors (Lipinski definition) is 0. The molecule has 2 aliphatic rings. The van der Waals surface area contributed by atoms with Gasteiger partial charge in [-0.05, 0) is 31.6 Å². The van der Waals surface area contributed by atoms with Crippen LogP contribution in [0.1, 0.15) is 32.1 Å². The maximum absolute atomic E-state index is 11.9. The summed E-state index contributed by atoms with van der Waals surface area (Å²) in [4.78, 5) is 0. The lowest BCUT2D eigenvalue weighted by Gasteiger charge is -2.38. The summed E-state index contributed by atoms with van der Waals surface area (Å²) in [6, 6.07) is 0. The molecule has 2 bridgehead atoms. The average Bonchev–Trinajstić information content (AvgIpc) is 2.03. The number of rotatable bonds is 2. The van der Waals surface area contributed by atoms with E-state index in [4.69, 9.17) is 10.7 Å². The molecule has 2 atom stereocenters. The maximum atomic E-state index is 11.9. The van der Waals surface area contributed by atoms with Crippen LogP contribution in [0.15, 0.2) is 0 Å². The first kappa shape index (κ1) is 12.6. The van der Waals surface area contributed by atoms with Crippen molar-refractivity contribution in [3.05, 3.63) is 0 Å². The molecule has 2 heterocycles. The standard InChI is InChI=1S/C9H15ClO4S2/c10-15(11,12)6-7-4-8-2-1-3-9(5-7)16(8,13)14/h7-9H,1-6H2. The molecule has 0 aliphatic carbocycles. The Kier molecular flexibility index (Phi) is 3.27.